The quantitative estimate of drug-likeness (QED) is 0.715. The number of rotatable bonds is 6. The first kappa shape index (κ1) is 19.9. The Balaban J connectivity index is 1.53. The Morgan fingerprint density at radius 3 is 2.46 bits per heavy atom. The average Bonchev–Trinajstić information content (AvgIpc) is 3.14. The standard InChI is InChI=1S/C21H27N3O4/c1-4-27-21(26)17-5-8-23(9-6-17)20(25)19-7-10-24(22-19)14-28-18-12-15(2)11-16(3)13-18/h7,10-13,17H,4-6,8-9,14H2,1-3H3. The molecule has 0 bridgehead atoms. The van der Waals surface area contributed by atoms with Gasteiger partial charge in [-0.3, -0.25) is 9.59 Å². The zero-order valence-corrected chi connectivity index (χ0v) is 16.7. The largest absolute Gasteiger partial charge is 0.471 e. The summed E-state index contributed by atoms with van der Waals surface area (Å²) in [5.41, 5.74) is 2.66. The number of ether oxygens (including phenoxy) is 2. The van der Waals surface area contributed by atoms with E-state index in [4.69, 9.17) is 9.47 Å². The summed E-state index contributed by atoms with van der Waals surface area (Å²) in [7, 11) is 0. The summed E-state index contributed by atoms with van der Waals surface area (Å²) in [6, 6.07) is 7.72. The maximum absolute atomic E-state index is 12.7. The van der Waals surface area contributed by atoms with Crippen molar-refractivity contribution in [1.82, 2.24) is 14.7 Å². The smallest absolute Gasteiger partial charge is 0.309 e. The highest BCUT2D eigenvalue weighted by Crippen LogP contribution is 2.20. The molecule has 1 aliphatic rings. The van der Waals surface area contributed by atoms with E-state index in [0.717, 1.165) is 16.9 Å². The van der Waals surface area contributed by atoms with Crippen molar-refractivity contribution in [3.05, 3.63) is 47.3 Å². The third kappa shape index (κ3) is 4.91. The van der Waals surface area contributed by atoms with Gasteiger partial charge in [0.05, 0.1) is 12.5 Å². The summed E-state index contributed by atoms with van der Waals surface area (Å²) < 4.78 is 12.5. The number of aromatic nitrogens is 2. The normalized spacial score (nSPS) is 14.8. The van der Waals surface area contributed by atoms with Gasteiger partial charge in [-0.2, -0.15) is 5.10 Å². The number of esters is 1. The van der Waals surface area contributed by atoms with E-state index in [1.165, 1.54) is 0 Å². The SMILES string of the molecule is CCOC(=O)C1CCN(C(=O)c2ccn(COc3cc(C)cc(C)c3)n2)CC1. The Hall–Kier alpha value is -2.83. The van der Waals surface area contributed by atoms with Crippen molar-refractivity contribution in [3.8, 4) is 5.75 Å². The number of likely N-dealkylation sites (tertiary alicyclic amines) is 1. The molecule has 1 aromatic heterocycles. The van der Waals surface area contributed by atoms with E-state index in [1.807, 2.05) is 26.0 Å². The molecule has 1 amide bonds. The van der Waals surface area contributed by atoms with Crippen LogP contribution in [0.5, 0.6) is 5.75 Å². The number of benzene rings is 1. The second-order valence-electron chi connectivity index (χ2n) is 7.16. The minimum atomic E-state index is -0.164. The Morgan fingerprint density at radius 2 is 1.82 bits per heavy atom. The van der Waals surface area contributed by atoms with Crippen LogP contribution in [0.15, 0.2) is 30.5 Å². The van der Waals surface area contributed by atoms with Crippen LogP contribution >= 0.6 is 0 Å². The minimum Gasteiger partial charge on any atom is -0.471 e. The molecule has 0 atom stereocenters. The third-order valence-electron chi connectivity index (χ3n) is 4.82. The van der Waals surface area contributed by atoms with Crippen LogP contribution in [0.2, 0.25) is 0 Å². The lowest BCUT2D eigenvalue weighted by Gasteiger charge is -2.30. The Kier molecular flexibility index (Phi) is 6.34. The van der Waals surface area contributed by atoms with Crippen molar-refractivity contribution in [2.75, 3.05) is 19.7 Å². The van der Waals surface area contributed by atoms with E-state index in [1.54, 1.807) is 28.8 Å². The molecule has 1 fully saturated rings. The number of nitrogens with zero attached hydrogens (tertiary/aromatic N) is 3. The van der Waals surface area contributed by atoms with Crippen molar-refractivity contribution in [3.63, 3.8) is 0 Å². The Morgan fingerprint density at radius 1 is 1.14 bits per heavy atom. The van der Waals surface area contributed by atoms with Gasteiger partial charge in [-0.15, -0.1) is 0 Å². The van der Waals surface area contributed by atoms with Gasteiger partial charge in [0.15, 0.2) is 12.4 Å². The molecular formula is C21H27N3O4. The first-order valence-corrected chi connectivity index (χ1v) is 9.66. The van der Waals surface area contributed by atoms with Crippen LogP contribution in [0.4, 0.5) is 0 Å². The predicted octanol–water partition coefficient (Wildman–Crippen LogP) is 2.95. The highest BCUT2D eigenvalue weighted by atomic mass is 16.5. The second-order valence-corrected chi connectivity index (χ2v) is 7.16. The monoisotopic (exact) mass is 385 g/mol. The predicted molar refractivity (Wildman–Crippen MR) is 104 cm³/mol. The fourth-order valence-corrected chi connectivity index (χ4v) is 3.44. The maximum Gasteiger partial charge on any atom is 0.309 e. The summed E-state index contributed by atoms with van der Waals surface area (Å²) in [5, 5.41) is 4.34. The molecule has 7 nitrogen and oxygen atoms in total. The van der Waals surface area contributed by atoms with Crippen molar-refractivity contribution in [2.24, 2.45) is 5.92 Å². The third-order valence-corrected chi connectivity index (χ3v) is 4.82. The molecule has 3 rings (SSSR count). The molecule has 150 valence electrons. The van der Waals surface area contributed by atoms with E-state index < -0.39 is 0 Å². The molecule has 0 radical (unpaired) electrons. The minimum absolute atomic E-state index is 0.118. The highest BCUT2D eigenvalue weighted by Gasteiger charge is 2.29. The van der Waals surface area contributed by atoms with Crippen molar-refractivity contribution in [2.45, 2.75) is 40.3 Å². The molecule has 0 unspecified atom stereocenters. The van der Waals surface area contributed by atoms with E-state index >= 15 is 0 Å². The van der Waals surface area contributed by atoms with Gasteiger partial charge in [-0.05, 0) is 62.9 Å². The molecule has 0 N–H and O–H groups in total. The van der Waals surface area contributed by atoms with Crippen LogP contribution in [0.1, 0.15) is 41.4 Å². The summed E-state index contributed by atoms with van der Waals surface area (Å²) in [4.78, 5) is 26.2. The van der Waals surface area contributed by atoms with Crippen molar-refractivity contribution < 1.29 is 19.1 Å². The van der Waals surface area contributed by atoms with Gasteiger partial charge in [-0.1, -0.05) is 6.07 Å². The fraction of sp³-hybridized carbons (Fsp3) is 0.476. The number of aryl methyl sites for hydroxylation is 2. The highest BCUT2D eigenvalue weighted by molar-refractivity contribution is 5.92. The van der Waals surface area contributed by atoms with Gasteiger partial charge >= 0.3 is 5.97 Å². The molecule has 0 aliphatic carbocycles. The first-order valence-electron chi connectivity index (χ1n) is 9.66. The van der Waals surface area contributed by atoms with Gasteiger partial charge in [0.2, 0.25) is 0 Å². The van der Waals surface area contributed by atoms with Crippen molar-refractivity contribution in [1.29, 1.82) is 0 Å². The van der Waals surface area contributed by atoms with Gasteiger partial charge in [0.25, 0.3) is 5.91 Å². The van der Waals surface area contributed by atoms with E-state index in [0.29, 0.717) is 38.2 Å². The fourth-order valence-electron chi connectivity index (χ4n) is 3.44. The van der Waals surface area contributed by atoms with Crippen LogP contribution in [-0.2, 0) is 16.3 Å². The zero-order chi connectivity index (χ0) is 20.1. The van der Waals surface area contributed by atoms with Crippen LogP contribution in [0.3, 0.4) is 0 Å². The lowest BCUT2D eigenvalue weighted by Crippen LogP contribution is -2.40. The van der Waals surface area contributed by atoms with Crippen LogP contribution < -0.4 is 4.74 Å². The Labute approximate surface area is 165 Å². The van der Waals surface area contributed by atoms with Gasteiger partial charge in [-0.25, -0.2) is 4.68 Å². The van der Waals surface area contributed by atoms with E-state index in [2.05, 4.69) is 11.2 Å². The number of amides is 1. The molecule has 0 spiro atoms. The number of piperidine rings is 1. The topological polar surface area (TPSA) is 73.7 Å². The van der Waals surface area contributed by atoms with E-state index in [9.17, 15) is 9.59 Å². The van der Waals surface area contributed by atoms with Crippen LogP contribution in [0, 0.1) is 19.8 Å². The lowest BCUT2D eigenvalue weighted by molar-refractivity contribution is -0.149. The van der Waals surface area contributed by atoms with Gasteiger partial charge < -0.3 is 14.4 Å². The number of hydrogen-bond donors (Lipinski definition) is 0. The molecule has 1 aromatic carbocycles. The number of carbonyl (C=O) groups is 2. The van der Waals surface area contributed by atoms with E-state index in [-0.39, 0.29) is 24.5 Å². The zero-order valence-electron chi connectivity index (χ0n) is 16.7. The van der Waals surface area contributed by atoms with Crippen molar-refractivity contribution >= 4 is 11.9 Å². The summed E-state index contributed by atoms with van der Waals surface area (Å²) in [6.07, 6.45) is 2.99. The summed E-state index contributed by atoms with van der Waals surface area (Å²) in [6.45, 7) is 7.55. The molecule has 1 aliphatic heterocycles. The molecule has 2 aromatic rings. The summed E-state index contributed by atoms with van der Waals surface area (Å²) >= 11 is 0. The van der Waals surface area contributed by atoms with Gasteiger partial charge in [0, 0.05) is 19.3 Å². The molecule has 28 heavy (non-hydrogen) atoms. The first-order chi connectivity index (χ1) is 13.5. The number of hydrogen-bond acceptors (Lipinski definition) is 5. The molecular weight excluding hydrogens is 358 g/mol. The molecule has 0 saturated carbocycles. The van der Waals surface area contributed by atoms with Crippen LogP contribution in [0.25, 0.3) is 0 Å². The maximum atomic E-state index is 12.7. The molecule has 7 heteroatoms. The lowest BCUT2D eigenvalue weighted by atomic mass is 9.97. The number of carbonyl (C=O) groups excluding carboxylic acids is 2. The van der Waals surface area contributed by atoms with Gasteiger partial charge in [0.1, 0.15) is 5.75 Å². The average molecular weight is 385 g/mol. The molecule has 2 heterocycles. The summed E-state index contributed by atoms with van der Waals surface area (Å²) in [5.74, 6) is 0.379. The Bertz CT molecular complexity index is 818. The second kappa shape index (κ2) is 8.91. The molecule has 1 saturated heterocycles. The van der Waals surface area contributed by atoms with Crippen LogP contribution in [-0.4, -0.2) is 46.3 Å².